The van der Waals surface area contributed by atoms with Crippen molar-refractivity contribution in [2.24, 2.45) is 0 Å². The number of imidazole rings is 1. The summed E-state index contributed by atoms with van der Waals surface area (Å²) >= 11 is 6.07. The molecule has 3 aromatic rings. The second-order valence-corrected chi connectivity index (χ2v) is 8.84. The first-order valence-corrected chi connectivity index (χ1v) is 11.6. The molecule has 1 aromatic carbocycles. The van der Waals surface area contributed by atoms with Crippen LogP contribution < -0.4 is 20.7 Å². The maximum Gasteiger partial charge on any atom is 0.328 e. The molecule has 0 unspecified atom stereocenters. The van der Waals surface area contributed by atoms with Gasteiger partial charge in [0.25, 0.3) is 0 Å². The summed E-state index contributed by atoms with van der Waals surface area (Å²) in [6.07, 6.45) is 3.03. The van der Waals surface area contributed by atoms with Crippen LogP contribution in [0.2, 0.25) is 5.15 Å². The Morgan fingerprint density at radius 3 is 2.82 bits per heavy atom. The largest absolute Gasteiger partial charge is 0.494 e. The molecule has 34 heavy (non-hydrogen) atoms. The number of morpholine rings is 1. The number of rotatable bonds is 6. The van der Waals surface area contributed by atoms with Crippen LogP contribution in [0.5, 0.6) is 5.75 Å². The van der Waals surface area contributed by atoms with Crippen LogP contribution in [-0.2, 0) is 16.1 Å². The number of anilines is 2. The monoisotopic (exact) mass is 486 g/mol. The molecule has 11 heteroatoms. The minimum Gasteiger partial charge on any atom is -0.494 e. The Hall–Kier alpha value is -3.08. The molecule has 0 bridgehead atoms. The molecular formula is C23H27ClN6O4. The van der Waals surface area contributed by atoms with Crippen LogP contribution in [0.25, 0.3) is 11.2 Å². The van der Waals surface area contributed by atoms with E-state index in [1.165, 1.54) is 18.0 Å². The molecular weight excluding hydrogens is 460 g/mol. The van der Waals surface area contributed by atoms with Gasteiger partial charge in [0, 0.05) is 30.5 Å². The summed E-state index contributed by atoms with van der Waals surface area (Å²) in [5, 5.41) is 3.24. The van der Waals surface area contributed by atoms with Crippen molar-refractivity contribution in [1.82, 2.24) is 19.9 Å². The zero-order chi connectivity index (χ0) is 23.7. The van der Waals surface area contributed by atoms with Gasteiger partial charge in [-0.3, -0.25) is 0 Å². The summed E-state index contributed by atoms with van der Waals surface area (Å²) in [4.78, 5) is 23.7. The van der Waals surface area contributed by atoms with Crippen molar-refractivity contribution in [2.45, 2.75) is 31.6 Å². The third-order valence-corrected chi connectivity index (χ3v) is 6.43. The standard InChI is InChI=1S/C23H27ClN6O4/c1-32-19-11-20(24)28-22-21(19)26-13-30(22)23(31)27-17-2-3-18(17)34-12-14-8-15(25)10-16(9-14)29-4-6-33-7-5-29/h8-11,13,17-18H,2-7,12,25H2,1H3,(H,27,31)/t17-,18-/m1/s1. The van der Waals surface area contributed by atoms with Crippen LogP contribution in [0.1, 0.15) is 18.4 Å². The predicted octanol–water partition coefficient (Wildman–Crippen LogP) is 2.82. The molecule has 3 N–H and O–H groups in total. The molecule has 1 saturated heterocycles. The Balaban J connectivity index is 1.22. The number of nitrogens with zero attached hydrogens (tertiary/aromatic N) is 4. The van der Waals surface area contributed by atoms with Crippen molar-refractivity contribution in [3.8, 4) is 5.75 Å². The summed E-state index contributed by atoms with van der Waals surface area (Å²) in [6, 6.07) is 7.13. The summed E-state index contributed by atoms with van der Waals surface area (Å²) in [5.41, 5.74) is 9.74. The lowest BCUT2D eigenvalue weighted by molar-refractivity contribution is -0.0323. The third-order valence-electron chi connectivity index (χ3n) is 6.24. The van der Waals surface area contributed by atoms with Gasteiger partial charge in [0.1, 0.15) is 11.5 Å². The number of nitrogen functional groups attached to an aromatic ring is 1. The number of halogens is 1. The summed E-state index contributed by atoms with van der Waals surface area (Å²) in [5.74, 6) is 0.463. The van der Waals surface area contributed by atoms with Gasteiger partial charge >= 0.3 is 6.03 Å². The molecule has 1 aliphatic heterocycles. The van der Waals surface area contributed by atoms with Crippen LogP contribution in [-0.4, -0.2) is 66.1 Å². The second-order valence-electron chi connectivity index (χ2n) is 8.45. The van der Waals surface area contributed by atoms with E-state index in [1.807, 2.05) is 12.1 Å². The molecule has 1 amide bonds. The molecule has 2 aliphatic rings. The summed E-state index contributed by atoms with van der Waals surface area (Å²) < 4.78 is 18.2. The number of aromatic nitrogens is 3. The second kappa shape index (κ2) is 9.65. The summed E-state index contributed by atoms with van der Waals surface area (Å²) in [7, 11) is 1.52. The maximum absolute atomic E-state index is 12.9. The number of benzene rings is 1. The van der Waals surface area contributed by atoms with E-state index >= 15 is 0 Å². The number of nitrogens with one attached hydrogen (secondary N) is 1. The molecule has 2 fully saturated rings. The lowest BCUT2D eigenvalue weighted by atomic mass is 9.89. The lowest BCUT2D eigenvalue weighted by Gasteiger charge is -2.37. The van der Waals surface area contributed by atoms with Crippen LogP contribution in [0, 0.1) is 0 Å². The minimum atomic E-state index is -0.337. The fraction of sp³-hybridized carbons (Fsp3) is 0.435. The first-order valence-electron chi connectivity index (χ1n) is 11.2. The number of methoxy groups -OCH3 is 1. The van der Waals surface area contributed by atoms with E-state index in [-0.39, 0.29) is 23.3 Å². The minimum absolute atomic E-state index is 0.0851. The third kappa shape index (κ3) is 4.61. The Morgan fingerprint density at radius 2 is 2.09 bits per heavy atom. The molecule has 180 valence electrons. The fourth-order valence-electron chi connectivity index (χ4n) is 4.29. The van der Waals surface area contributed by atoms with Crippen LogP contribution in [0.3, 0.4) is 0 Å². The highest BCUT2D eigenvalue weighted by Gasteiger charge is 2.34. The number of fused-ring (bicyclic) bond motifs is 1. The topological polar surface area (TPSA) is 117 Å². The highest BCUT2D eigenvalue weighted by Crippen LogP contribution is 2.28. The normalized spacial score (nSPS) is 20.2. The van der Waals surface area contributed by atoms with Crippen molar-refractivity contribution in [1.29, 1.82) is 0 Å². The Bertz CT molecular complexity index is 1200. The van der Waals surface area contributed by atoms with Crippen LogP contribution in [0.15, 0.2) is 30.6 Å². The van der Waals surface area contributed by atoms with E-state index in [0.717, 1.165) is 37.2 Å². The van der Waals surface area contributed by atoms with Gasteiger partial charge in [-0.15, -0.1) is 0 Å². The number of hydrogen-bond acceptors (Lipinski definition) is 8. The SMILES string of the molecule is COc1cc(Cl)nc2c1ncn2C(=O)N[C@@H]1CC[C@H]1OCc1cc(N)cc(N2CCOCC2)c1. The number of ether oxygens (including phenoxy) is 3. The van der Waals surface area contributed by atoms with Crippen molar-refractivity contribution < 1.29 is 19.0 Å². The first-order chi connectivity index (χ1) is 16.5. The zero-order valence-corrected chi connectivity index (χ0v) is 19.6. The Labute approximate surface area is 201 Å². The Kier molecular flexibility index (Phi) is 6.44. The van der Waals surface area contributed by atoms with Crippen molar-refractivity contribution in [3.63, 3.8) is 0 Å². The van der Waals surface area contributed by atoms with Crippen molar-refractivity contribution >= 4 is 40.2 Å². The zero-order valence-electron chi connectivity index (χ0n) is 18.9. The average Bonchev–Trinajstić information content (AvgIpc) is 3.25. The number of amides is 1. The van der Waals surface area contributed by atoms with Gasteiger partial charge in [-0.1, -0.05) is 11.6 Å². The maximum atomic E-state index is 12.9. The molecule has 0 radical (unpaired) electrons. The van der Waals surface area contributed by atoms with E-state index in [2.05, 4.69) is 26.3 Å². The van der Waals surface area contributed by atoms with Crippen molar-refractivity contribution in [2.75, 3.05) is 44.0 Å². The van der Waals surface area contributed by atoms with E-state index in [4.69, 9.17) is 31.5 Å². The molecule has 2 atom stereocenters. The molecule has 1 saturated carbocycles. The van der Waals surface area contributed by atoms with Crippen LogP contribution in [0.4, 0.5) is 16.2 Å². The first kappa shape index (κ1) is 22.7. The molecule has 2 aromatic heterocycles. The van der Waals surface area contributed by atoms with E-state index in [1.54, 1.807) is 6.07 Å². The van der Waals surface area contributed by atoms with Crippen LogP contribution >= 0.6 is 11.6 Å². The predicted molar refractivity (Wildman–Crippen MR) is 129 cm³/mol. The van der Waals surface area contributed by atoms with Gasteiger partial charge in [-0.25, -0.2) is 19.3 Å². The quantitative estimate of drug-likeness (QED) is 0.403. The molecule has 3 heterocycles. The molecule has 1 aliphatic carbocycles. The van der Waals surface area contributed by atoms with Gasteiger partial charge in [0.15, 0.2) is 16.9 Å². The summed E-state index contributed by atoms with van der Waals surface area (Å²) in [6.45, 7) is 3.53. The van der Waals surface area contributed by atoms with Gasteiger partial charge in [-0.05, 0) is 36.6 Å². The molecule has 10 nitrogen and oxygen atoms in total. The van der Waals surface area contributed by atoms with Gasteiger partial charge in [0.2, 0.25) is 0 Å². The average molecular weight is 487 g/mol. The van der Waals surface area contributed by atoms with Crippen molar-refractivity contribution in [3.05, 3.63) is 41.3 Å². The van der Waals surface area contributed by atoms with Gasteiger partial charge in [-0.2, -0.15) is 0 Å². The number of pyridine rings is 1. The fourth-order valence-corrected chi connectivity index (χ4v) is 4.47. The van der Waals surface area contributed by atoms with E-state index in [0.29, 0.717) is 42.4 Å². The van der Waals surface area contributed by atoms with Gasteiger partial charge < -0.3 is 30.2 Å². The molecule has 0 spiro atoms. The Morgan fingerprint density at radius 1 is 1.26 bits per heavy atom. The lowest BCUT2D eigenvalue weighted by Crippen LogP contribution is -2.52. The number of carbonyl (C=O) groups excluding carboxylic acids is 1. The highest BCUT2D eigenvalue weighted by molar-refractivity contribution is 6.30. The molecule has 5 rings (SSSR count). The van der Waals surface area contributed by atoms with E-state index < -0.39 is 0 Å². The number of carbonyl (C=O) groups is 1. The number of nitrogens with two attached hydrogens (primary N) is 1. The smallest absolute Gasteiger partial charge is 0.328 e. The van der Waals surface area contributed by atoms with E-state index in [9.17, 15) is 4.79 Å². The van der Waals surface area contributed by atoms with Gasteiger partial charge in [0.05, 0.1) is 39.1 Å². The number of hydrogen-bond donors (Lipinski definition) is 2. The highest BCUT2D eigenvalue weighted by atomic mass is 35.5.